The summed E-state index contributed by atoms with van der Waals surface area (Å²) in [6.07, 6.45) is -2.56. The molecular weight excluding hydrogens is 203 g/mol. The van der Waals surface area contributed by atoms with Gasteiger partial charge in [-0.15, -0.1) is 0 Å². The van der Waals surface area contributed by atoms with Gasteiger partial charge in [0.2, 0.25) is 0 Å². The quantitative estimate of drug-likeness (QED) is 0.827. The molecule has 0 saturated heterocycles. The first-order chi connectivity index (χ1) is 6.83. The van der Waals surface area contributed by atoms with E-state index < -0.39 is 12.0 Å². The standard InChI is InChI=1S/C11H14F3N/c1-7-5-8(3-4-9(7)12)6-11(2,15)10(13)14/h3-5,10H,6,15H2,1-2H3. The Hall–Kier alpha value is -1.03. The van der Waals surface area contributed by atoms with Crippen molar-refractivity contribution >= 4 is 0 Å². The summed E-state index contributed by atoms with van der Waals surface area (Å²) in [4.78, 5) is 0. The number of nitrogens with two attached hydrogens (primary N) is 1. The second kappa shape index (κ2) is 4.23. The van der Waals surface area contributed by atoms with Crippen molar-refractivity contribution in [2.45, 2.75) is 32.2 Å². The Bertz CT molecular complexity index is 348. The fourth-order valence-corrected chi connectivity index (χ4v) is 1.33. The van der Waals surface area contributed by atoms with Crippen LogP contribution < -0.4 is 5.73 Å². The van der Waals surface area contributed by atoms with Crippen LogP contribution in [-0.2, 0) is 6.42 Å². The summed E-state index contributed by atoms with van der Waals surface area (Å²) in [7, 11) is 0. The number of benzene rings is 1. The van der Waals surface area contributed by atoms with Crippen LogP contribution in [0.2, 0.25) is 0 Å². The largest absolute Gasteiger partial charge is 0.320 e. The first-order valence-corrected chi connectivity index (χ1v) is 4.65. The van der Waals surface area contributed by atoms with E-state index in [1.165, 1.54) is 19.1 Å². The van der Waals surface area contributed by atoms with Crippen LogP contribution in [0.25, 0.3) is 0 Å². The predicted octanol–water partition coefficient (Wildman–Crippen LogP) is 2.66. The second-order valence-corrected chi connectivity index (χ2v) is 4.07. The van der Waals surface area contributed by atoms with Gasteiger partial charge in [0.15, 0.2) is 0 Å². The van der Waals surface area contributed by atoms with E-state index in [9.17, 15) is 13.2 Å². The molecule has 0 fully saturated rings. The molecule has 15 heavy (non-hydrogen) atoms. The van der Waals surface area contributed by atoms with Gasteiger partial charge in [-0.25, -0.2) is 13.2 Å². The lowest BCUT2D eigenvalue weighted by Crippen LogP contribution is -2.45. The third kappa shape index (κ3) is 2.96. The fraction of sp³-hybridized carbons (Fsp3) is 0.455. The van der Waals surface area contributed by atoms with Gasteiger partial charge in [-0.1, -0.05) is 12.1 Å². The van der Waals surface area contributed by atoms with Gasteiger partial charge in [0.05, 0.1) is 5.54 Å². The molecule has 1 nitrogen and oxygen atoms in total. The van der Waals surface area contributed by atoms with E-state index in [1.807, 2.05) is 0 Å². The molecular formula is C11H14F3N. The van der Waals surface area contributed by atoms with Crippen molar-refractivity contribution in [1.82, 2.24) is 0 Å². The normalized spacial score (nSPS) is 15.4. The highest BCUT2D eigenvalue weighted by atomic mass is 19.3. The van der Waals surface area contributed by atoms with Crippen LogP contribution in [0, 0.1) is 12.7 Å². The highest BCUT2D eigenvalue weighted by Gasteiger charge is 2.30. The molecule has 0 amide bonds. The maximum absolute atomic E-state index is 12.9. The molecule has 0 aromatic heterocycles. The van der Waals surface area contributed by atoms with Crippen molar-refractivity contribution in [3.63, 3.8) is 0 Å². The highest BCUT2D eigenvalue weighted by molar-refractivity contribution is 5.25. The van der Waals surface area contributed by atoms with E-state index in [2.05, 4.69) is 0 Å². The molecule has 1 unspecified atom stereocenters. The van der Waals surface area contributed by atoms with Gasteiger partial charge in [-0.3, -0.25) is 0 Å². The topological polar surface area (TPSA) is 26.0 Å². The molecule has 1 aromatic rings. The van der Waals surface area contributed by atoms with Gasteiger partial charge in [0.1, 0.15) is 5.82 Å². The van der Waals surface area contributed by atoms with Crippen LogP contribution in [0.3, 0.4) is 0 Å². The van der Waals surface area contributed by atoms with E-state index in [1.54, 1.807) is 13.0 Å². The molecule has 0 heterocycles. The summed E-state index contributed by atoms with van der Waals surface area (Å²) < 4.78 is 37.9. The first kappa shape index (κ1) is 12.0. The lowest BCUT2D eigenvalue weighted by molar-refractivity contribution is 0.0639. The molecule has 0 aliphatic carbocycles. The molecule has 1 atom stereocenters. The van der Waals surface area contributed by atoms with E-state index in [-0.39, 0.29) is 12.2 Å². The van der Waals surface area contributed by atoms with Crippen LogP contribution in [0.5, 0.6) is 0 Å². The molecule has 0 spiro atoms. The monoisotopic (exact) mass is 217 g/mol. The van der Waals surface area contributed by atoms with E-state index in [0.29, 0.717) is 11.1 Å². The Morgan fingerprint density at radius 3 is 2.47 bits per heavy atom. The molecule has 2 N–H and O–H groups in total. The van der Waals surface area contributed by atoms with Crippen LogP contribution in [0.15, 0.2) is 18.2 Å². The Labute approximate surface area is 87.1 Å². The molecule has 0 aliphatic rings. The number of alkyl halides is 2. The smallest absolute Gasteiger partial charge is 0.256 e. The van der Waals surface area contributed by atoms with Crippen LogP contribution in [-0.4, -0.2) is 12.0 Å². The summed E-state index contributed by atoms with van der Waals surface area (Å²) in [5.41, 5.74) is 4.94. The SMILES string of the molecule is Cc1cc(CC(C)(N)C(F)F)ccc1F. The molecule has 0 aliphatic heterocycles. The summed E-state index contributed by atoms with van der Waals surface area (Å²) in [6.45, 7) is 2.88. The summed E-state index contributed by atoms with van der Waals surface area (Å²) >= 11 is 0. The molecule has 0 saturated carbocycles. The molecule has 1 aromatic carbocycles. The Kier molecular flexibility index (Phi) is 3.39. The minimum atomic E-state index is -2.59. The van der Waals surface area contributed by atoms with Crippen molar-refractivity contribution in [3.05, 3.63) is 35.1 Å². The van der Waals surface area contributed by atoms with Gasteiger partial charge >= 0.3 is 0 Å². The molecule has 84 valence electrons. The Balaban J connectivity index is 2.86. The average molecular weight is 217 g/mol. The number of hydrogen-bond donors (Lipinski definition) is 1. The lowest BCUT2D eigenvalue weighted by atomic mass is 9.93. The highest BCUT2D eigenvalue weighted by Crippen LogP contribution is 2.19. The Morgan fingerprint density at radius 1 is 1.40 bits per heavy atom. The number of rotatable bonds is 3. The van der Waals surface area contributed by atoms with Gasteiger partial charge in [-0.2, -0.15) is 0 Å². The molecule has 1 rings (SSSR count). The summed E-state index contributed by atoms with van der Waals surface area (Å²) in [5.74, 6) is -0.338. The Morgan fingerprint density at radius 2 is 2.00 bits per heavy atom. The van der Waals surface area contributed by atoms with Gasteiger partial charge in [0.25, 0.3) is 6.43 Å². The maximum atomic E-state index is 12.9. The first-order valence-electron chi connectivity index (χ1n) is 4.65. The number of aryl methyl sites for hydroxylation is 1. The average Bonchev–Trinajstić information content (AvgIpc) is 2.10. The zero-order chi connectivity index (χ0) is 11.6. The van der Waals surface area contributed by atoms with Gasteiger partial charge < -0.3 is 5.73 Å². The van der Waals surface area contributed by atoms with Crippen molar-refractivity contribution in [2.75, 3.05) is 0 Å². The van der Waals surface area contributed by atoms with E-state index >= 15 is 0 Å². The predicted molar refractivity (Wildman–Crippen MR) is 53.4 cm³/mol. The molecule has 0 bridgehead atoms. The third-order valence-corrected chi connectivity index (χ3v) is 2.31. The lowest BCUT2D eigenvalue weighted by Gasteiger charge is -2.23. The van der Waals surface area contributed by atoms with Crippen molar-refractivity contribution in [3.8, 4) is 0 Å². The second-order valence-electron chi connectivity index (χ2n) is 4.07. The number of halogens is 3. The summed E-state index contributed by atoms with van der Waals surface area (Å²) in [5, 5.41) is 0. The zero-order valence-electron chi connectivity index (χ0n) is 8.73. The fourth-order valence-electron chi connectivity index (χ4n) is 1.33. The van der Waals surface area contributed by atoms with E-state index in [4.69, 9.17) is 5.73 Å². The van der Waals surface area contributed by atoms with Crippen LogP contribution in [0.4, 0.5) is 13.2 Å². The number of hydrogen-bond acceptors (Lipinski definition) is 1. The zero-order valence-corrected chi connectivity index (χ0v) is 8.73. The van der Waals surface area contributed by atoms with E-state index in [0.717, 1.165) is 0 Å². The van der Waals surface area contributed by atoms with Crippen LogP contribution in [0.1, 0.15) is 18.1 Å². The third-order valence-electron chi connectivity index (χ3n) is 2.31. The van der Waals surface area contributed by atoms with Crippen molar-refractivity contribution in [1.29, 1.82) is 0 Å². The molecule has 4 heteroatoms. The van der Waals surface area contributed by atoms with Crippen molar-refractivity contribution in [2.24, 2.45) is 5.73 Å². The van der Waals surface area contributed by atoms with Crippen molar-refractivity contribution < 1.29 is 13.2 Å². The van der Waals surface area contributed by atoms with Crippen LogP contribution >= 0.6 is 0 Å². The van der Waals surface area contributed by atoms with Gasteiger partial charge in [0, 0.05) is 0 Å². The summed E-state index contributed by atoms with van der Waals surface area (Å²) in [6, 6.07) is 4.30. The molecule has 0 radical (unpaired) electrons. The maximum Gasteiger partial charge on any atom is 0.256 e. The minimum absolute atomic E-state index is 0.0335. The minimum Gasteiger partial charge on any atom is -0.320 e. The van der Waals surface area contributed by atoms with Gasteiger partial charge in [-0.05, 0) is 37.5 Å².